The first-order chi connectivity index (χ1) is 15.7. The molecule has 0 fully saturated rings. The lowest BCUT2D eigenvalue weighted by atomic mass is 10.1. The van der Waals surface area contributed by atoms with Crippen molar-refractivity contribution in [3.8, 4) is 0 Å². The molecular weight excluding hydrogens is 504 g/mol. The number of hydrogen-bond donors (Lipinski definition) is 1. The van der Waals surface area contributed by atoms with E-state index in [0.717, 1.165) is 22.5 Å². The number of aromatic nitrogens is 4. The number of carbonyl (C=O) groups excluding carboxylic acids is 1. The highest BCUT2D eigenvalue weighted by atomic mass is 35.5. The second-order valence-corrected chi connectivity index (χ2v) is 9.18. The lowest BCUT2D eigenvalue weighted by Gasteiger charge is -2.08. The smallest absolute Gasteiger partial charge is 0.256 e. The number of benzene rings is 2. The number of hydrogen-bond acceptors (Lipinski definition) is 3. The Balaban J connectivity index is 1.48. The molecule has 1 N–H and O–H groups in total. The molecule has 0 aliphatic rings. The van der Waals surface area contributed by atoms with Crippen LogP contribution in [-0.4, -0.2) is 25.5 Å². The van der Waals surface area contributed by atoms with Crippen LogP contribution in [0.2, 0.25) is 20.1 Å². The van der Waals surface area contributed by atoms with E-state index in [-0.39, 0.29) is 11.7 Å². The fraction of sp³-hybridized carbons (Fsp3) is 0.174. The van der Waals surface area contributed by atoms with Gasteiger partial charge in [0.25, 0.3) is 5.91 Å². The summed E-state index contributed by atoms with van der Waals surface area (Å²) in [7, 11) is 0. The van der Waals surface area contributed by atoms with Gasteiger partial charge in [0.1, 0.15) is 5.02 Å². The molecule has 2 aromatic carbocycles. The Hall–Kier alpha value is -2.51. The van der Waals surface area contributed by atoms with Gasteiger partial charge in [-0.15, -0.1) is 0 Å². The van der Waals surface area contributed by atoms with Crippen LogP contribution in [0.5, 0.6) is 0 Å². The summed E-state index contributed by atoms with van der Waals surface area (Å²) >= 11 is 24.7. The van der Waals surface area contributed by atoms with Crippen molar-refractivity contribution in [1.29, 1.82) is 0 Å². The van der Waals surface area contributed by atoms with Crippen molar-refractivity contribution in [2.75, 3.05) is 5.32 Å². The van der Waals surface area contributed by atoms with Gasteiger partial charge in [0.2, 0.25) is 0 Å². The maximum Gasteiger partial charge on any atom is 0.256 e. The number of carbonyl (C=O) groups is 1. The monoisotopic (exact) mass is 521 g/mol. The Morgan fingerprint density at radius 1 is 0.970 bits per heavy atom. The second-order valence-electron chi connectivity index (χ2n) is 7.56. The molecule has 0 spiro atoms. The summed E-state index contributed by atoms with van der Waals surface area (Å²) in [5, 5.41) is 13.6. The van der Waals surface area contributed by atoms with Gasteiger partial charge in [0, 0.05) is 21.8 Å². The van der Waals surface area contributed by atoms with Gasteiger partial charge in [0.05, 0.1) is 29.5 Å². The minimum Gasteiger partial charge on any atom is -0.304 e. The van der Waals surface area contributed by atoms with Crippen LogP contribution in [0.15, 0.2) is 48.7 Å². The number of halogens is 4. The SMILES string of the molecule is Cc1nn(Cc2cccc(C(=O)Nc3nn(Cc4ccc(Cl)cc4Cl)cc3Cl)c2)c(C)c1Cl. The molecule has 0 saturated carbocycles. The van der Waals surface area contributed by atoms with Gasteiger partial charge in [-0.25, -0.2) is 0 Å². The number of aryl methyl sites for hydroxylation is 1. The number of nitrogens with one attached hydrogen (secondary N) is 1. The van der Waals surface area contributed by atoms with Crippen molar-refractivity contribution in [2.45, 2.75) is 26.9 Å². The van der Waals surface area contributed by atoms with Crippen LogP contribution >= 0.6 is 46.4 Å². The lowest BCUT2D eigenvalue weighted by Crippen LogP contribution is -2.14. The van der Waals surface area contributed by atoms with Crippen LogP contribution in [0, 0.1) is 13.8 Å². The first-order valence-corrected chi connectivity index (χ1v) is 11.5. The van der Waals surface area contributed by atoms with Crippen molar-refractivity contribution < 1.29 is 4.79 Å². The lowest BCUT2D eigenvalue weighted by molar-refractivity contribution is 0.102. The molecule has 2 heterocycles. The van der Waals surface area contributed by atoms with Crippen LogP contribution < -0.4 is 5.32 Å². The van der Waals surface area contributed by atoms with Gasteiger partial charge in [-0.1, -0.05) is 64.6 Å². The van der Waals surface area contributed by atoms with E-state index in [2.05, 4.69) is 15.5 Å². The summed E-state index contributed by atoms with van der Waals surface area (Å²) in [5.74, 6) is -0.0533. The van der Waals surface area contributed by atoms with Crippen LogP contribution in [-0.2, 0) is 13.1 Å². The van der Waals surface area contributed by atoms with E-state index in [1.165, 1.54) is 0 Å². The molecule has 0 unspecified atom stereocenters. The third-order valence-corrected chi connectivity index (χ3v) is 6.52. The Bertz CT molecular complexity index is 1340. The molecule has 0 saturated heterocycles. The second kappa shape index (κ2) is 9.77. The highest BCUT2D eigenvalue weighted by molar-refractivity contribution is 6.35. The average Bonchev–Trinajstić information content (AvgIpc) is 3.23. The minimum atomic E-state index is -0.320. The zero-order chi connectivity index (χ0) is 23.7. The van der Waals surface area contributed by atoms with E-state index >= 15 is 0 Å². The number of rotatable bonds is 6. The van der Waals surface area contributed by atoms with Crippen molar-refractivity contribution in [3.05, 3.63) is 96.8 Å². The number of nitrogens with zero attached hydrogens (tertiary/aromatic N) is 4. The molecule has 0 bridgehead atoms. The number of amides is 1. The molecule has 170 valence electrons. The van der Waals surface area contributed by atoms with Gasteiger partial charge < -0.3 is 5.32 Å². The van der Waals surface area contributed by atoms with Crippen LogP contribution in [0.4, 0.5) is 5.82 Å². The molecule has 2 aromatic heterocycles. The quantitative estimate of drug-likeness (QED) is 0.308. The average molecular weight is 523 g/mol. The third kappa shape index (κ3) is 5.36. The van der Waals surface area contributed by atoms with Crippen LogP contribution in [0.3, 0.4) is 0 Å². The molecule has 4 rings (SSSR count). The Kier molecular flexibility index (Phi) is 7.00. The van der Waals surface area contributed by atoms with Crippen molar-refractivity contribution >= 4 is 58.1 Å². The molecule has 0 aliphatic heterocycles. The Labute approximate surface area is 211 Å². The van der Waals surface area contributed by atoms with E-state index in [4.69, 9.17) is 46.4 Å². The molecule has 0 radical (unpaired) electrons. The van der Waals surface area contributed by atoms with E-state index in [1.807, 2.05) is 36.7 Å². The predicted molar refractivity (Wildman–Crippen MR) is 133 cm³/mol. The van der Waals surface area contributed by atoms with Crippen LogP contribution in [0.25, 0.3) is 0 Å². The zero-order valence-corrected chi connectivity index (χ0v) is 20.8. The van der Waals surface area contributed by atoms with Crippen molar-refractivity contribution in [2.24, 2.45) is 0 Å². The Morgan fingerprint density at radius 2 is 1.76 bits per heavy atom. The standard InChI is InChI=1S/C23H19Cl4N5O/c1-13-21(27)14(2)32(29-13)10-15-4-3-5-16(8-15)23(33)28-22-20(26)12-31(30-22)11-17-6-7-18(24)9-19(17)25/h3-9,12H,10-11H2,1-2H3,(H,28,30,33). The summed E-state index contributed by atoms with van der Waals surface area (Å²) in [4.78, 5) is 12.9. The van der Waals surface area contributed by atoms with Gasteiger partial charge in [-0.2, -0.15) is 10.2 Å². The molecule has 0 aliphatic carbocycles. The molecule has 0 atom stereocenters. The highest BCUT2D eigenvalue weighted by Gasteiger charge is 2.15. The molecule has 10 heteroatoms. The van der Waals surface area contributed by atoms with E-state index < -0.39 is 0 Å². The summed E-state index contributed by atoms with van der Waals surface area (Å²) in [6, 6.07) is 12.5. The molecule has 1 amide bonds. The zero-order valence-electron chi connectivity index (χ0n) is 17.7. The maximum absolute atomic E-state index is 12.9. The molecule has 33 heavy (non-hydrogen) atoms. The van der Waals surface area contributed by atoms with E-state index in [1.54, 1.807) is 35.1 Å². The number of anilines is 1. The van der Waals surface area contributed by atoms with E-state index in [0.29, 0.717) is 38.7 Å². The van der Waals surface area contributed by atoms with Gasteiger partial charge in [-0.3, -0.25) is 14.2 Å². The summed E-state index contributed by atoms with van der Waals surface area (Å²) in [6.45, 7) is 4.65. The molecular formula is C23H19Cl4N5O. The Morgan fingerprint density at radius 3 is 2.45 bits per heavy atom. The summed E-state index contributed by atoms with van der Waals surface area (Å²) in [6.07, 6.45) is 1.63. The normalized spacial score (nSPS) is 11.1. The van der Waals surface area contributed by atoms with Gasteiger partial charge >= 0.3 is 0 Å². The summed E-state index contributed by atoms with van der Waals surface area (Å²) < 4.78 is 3.42. The first-order valence-electron chi connectivity index (χ1n) is 9.98. The topological polar surface area (TPSA) is 64.7 Å². The van der Waals surface area contributed by atoms with Gasteiger partial charge in [0.15, 0.2) is 5.82 Å². The van der Waals surface area contributed by atoms with Crippen LogP contribution in [0.1, 0.15) is 32.9 Å². The van der Waals surface area contributed by atoms with Crippen molar-refractivity contribution in [1.82, 2.24) is 19.6 Å². The maximum atomic E-state index is 12.9. The predicted octanol–water partition coefficient (Wildman–Crippen LogP) is 6.66. The van der Waals surface area contributed by atoms with Gasteiger partial charge in [-0.05, 0) is 49.2 Å². The largest absolute Gasteiger partial charge is 0.304 e. The molecule has 4 aromatic rings. The molecule has 6 nitrogen and oxygen atoms in total. The van der Waals surface area contributed by atoms with Crippen molar-refractivity contribution in [3.63, 3.8) is 0 Å². The first kappa shape index (κ1) is 23.6. The van der Waals surface area contributed by atoms with E-state index in [9.17, 15) is 4.79 Å². The summed E-state index contributed by atoms with van der Waals surface area (Å²) in [5.41, 5.74) is 3.87. The third-order valence-electron chi connectivity index (χ3n) is 5.11. The minimum absolute atomic E-state index is 0.266. The fourth-order valence-electron chi connectivity index (χ4n) is 3.38. The fourth-order valence-corrected chi connectivity index (χ4v) is 4.18. The highest BCUT2D eigenvalue weighted by Crippen LogP contribution is 2.25.